The van der Waals surface area contributed by atoms with Crippen molar-refractivity contribution in [2.24, 2.45) is 0 Å². The number of fused-ring (bicyclic) bond motifs is 1. The molecule has 32 heavy (non-hydrogen) atoms. The SMILES string of the molecule is Cc1cc2c(cc1C)CC(c1ccccc1-c1cc(C(C)(C)C)cc(C(C)(C)C)c1O)=C2. The van der Waals surface area contributed by atoms with E-state index in [4.69, 9.17) is 0 Å². The maximum atomic E-state index is 11.5. The summed E-state index contributed by atoms with van der Waals surface area (Å²) < 4.78 is 0. The predicted molar refractivity (Wildman–Crippen MR) is 138 cm³/mol. The van der Waals surface area contributed by atoms with Crippen molar-refractivity contribution in [3.63, 3.8) is 0 Å². The van der Waals surface area contributed by atoms with Crippen molar-refractivity contribution in [2.45, 2.75) is 72.6 Å². The molecule has 0 spiro atoms. The van der Waals surface area contributed by atoms with Crippen molar-refractivity contribution in [1.82, 2.24) is 0 Å². The quantitative estimate of drug-likeness (QED) is 0.438. The van der Waals surface area contributed by atoms with E-state index >= 15 is 0 Å². The van der Waals surface area contributed by atoms with Gasteiger partial charge in [-0.2, -0.15) is 0 Å². The fraction of sp³-hybridized carbons (Fsp3) is 0.355. The van der Waals surface area contributed by atoms with E-state index in [-0.39, 0.29) is 10.8 Å². The van der Waals surface area contributed by atoms with Crippen LogP contribution in [0.4, 0.5) is 0 Å². The summed E-state index contributed by atoms with van der Waals surface area (Å²) in [6, 6.07) is 17.6. The summed E-state index contributed by atoms with van der Waals surface area (Å²) in [7, 11) is 0. The Balaban J connectivity index is 1.91. The highest BCUT2D eigenvalue weighted by molar-refractivity contribution is 5.95. The van der Waals surface area contributed by atoms with Crippen LogP contribution >= 0.6 is 0 Å². The van der Waals surface area contributed by atoms with Crippen LogP contribution in [0.5, 0.6) is 5.75 Å². The Hall–Kier alpha value is -2.80. The van der Waals surface area contributed by atoms with Gasteiger partial charge in [0, 0.05) is 11.1 Å². The molecule has 0 heterocycles. The number of hydrogen-bond acceptors (Lipinski definition) is 1. The van der Waals surface area contributed by atoms with Crippen LogP contribution in [-0.2, 0) is 17.3 Å². The molecule has 0 amide bonds. The summed E-state index contributed by atoms with van der Waals surface area (Å²) in [6.45, 7) is 17.6. The third-order valence-corrected chi connectivity index (χ3v) is 6.81. The smallest absolute Gasteiger partial charge is 0.127 e. The molecule has 0 atom stereocenters. The van der Waals surface area contributed by atoms with Crippen molar-refractivity contribution in [2.75, 3.05) is 0 Å². The first-order valence-corrected chi connectivity index (χ1v) is 11.6. The molecular weight excluding hydrogens is 388 g/mol. The minimum atomic E-state index is -0.146. The van der Waals surface area contributed by atoms with Crippen LogP contribution in [0.3, 0.4) is 0 Å². The minimum absolute atomic E-state index is 0.00465. The molecule has 1 nitrogen and oxygen atoms in total. The average molecular weight is 425 g/mol. The van der Waals surface area contributed by atoms with Gasteiger partial charge >= 0.3 is 0 Å². The number of rotatable bonds is 2. The Kier molecular flexibility index (Phi) is 5.36. The zero-order valence-corrected chi connectivity index (χ0v) is 20.9. The third-order valence-electron chi connectivity index (χ3n) is 6.81. The molecule has 166 valence electrons. The van der Waals surface area contributed by atoms with Gasteiger partial charge in [-0.3, -0.25) is 0 Å². The summed E-state index contributed by atoms with van der Waals surface area (Å²) in [5.41, 5.74) is 12.1. The van der Waals surface area contributed by atoms with Crippen molar-refractivity contribution >= 4 is 11.6 Å². The highest BCUT2D eigenvalue weighted by Gasteiger charge is 2.27. The van der Waals surface area contributed by atoms with E-state index in [1.54, 1.807) is 0 Å². The lowest BCUT2D eigenvalue weighted by Gasteiger charge is -2.28. The standard InChI is InChI=1S/C31H36O/c1-19-13-21-15-23(16-22(21)14-20(19)2)25-11-9-10-12-26(25)27-17-24(30(3,4)5)18-28(29(27)32)31(6,7)8/h9-15,17-18,32H,16H2,1-8H3. The van der Waals surface area contributed by atoms with E-state index in [2.05, 4.69) is 110 Å². The average Bonchev–Trinajstić information content (AvgIpc) is 3.09. The number of phenolic OH excluding ortho intramolecular Hbond substituents is 1. The Morgan fingerprint density at radius 2 is 1.34 bits per heavy atom. The highest BCUT2D eigenvalue weighted by Crippen LogP contribution is 2.45. The van der Waals surface area contributed by atoms with E-state index < -0.39 is 0 Å². The number of allylic oxidation sites excluding steroid dienone is 1. The maximum absolute atomic E-state index is 11.5. The monoisotopic (exact) mass is 424 g/mol. The van der Waals surface area contributed by atoms with Gasteiger partial charge in [0.15, 0.2) is 0 Å². The molecule has 0 saturated heterocycles. The van der Waals surface area contributed by atoms with Crippen LogP contribution in [0.25, 0.3) is 22.8 Å². The zero-order valence-electron chi connectivity index (χ0n) is 20.9. The van der Waals surface area contributed by atoms with Crippen LogP contribution in [-0.4, -0.2) is 5.11 Å². The van der Waals surface area contributed by atoms with Gasteiger partial charge in [0.1, 0.15) is 5.75 Å². The molecule has 0 radical (unpaired) electrons. The van der Waals surface area contributed by atoms with Crippen LogP contribution < -0.4 is 0 Å². The molecule has 0 unspecified atom stereocenters. The fourth-order valence-corrected chi connectivity index (χ4v) is 4.65. The van der Waals surface area contributed by atoms with Gasteiger partial charge in [-0.05, 0) is 81.7 Å². The van der Waals surface area contributed by atoms with Gasteiger partial charge in [-0.1, -0.05) is 90.1 Å². The summed E-state index contributed by atoms with van der Waals surface area (Å²) in [5, 5.41) is 11.5. The molecule has 0 fully saturated rings. The Morgan fingerprint density at radius 1 is 0.719 bits per heavy atom. The van der Waals surface area contributed by atoms with Crippen LogP contribution in [0.2, 0.25) is 0 Å². The molecule has 1 heteroatoms. The summed E-state index contributed by atoms with van der Waals surface area (Å²) >= 11 is 0. The first-order chi connectivity index (χ1) is 14.9. The Bertz CT molecular complexity index is 1230. The minimum Gasteiger partial charge on any atom is -0.507 e. The van der Waals surface area contributed by atoms with E-state index in [1.165, 1.54) is 39.0 Å². The number of benzene rings is 3. The molecular formula is C31H36O. The van der Waals surface area contributed by atoms with E-state index in [1.807, 2.05) is 0 Å². The van der Waals surface area contributed by atoms with Gasteiger partial charge in [-0.15, -0.1) is 0 Å². The molecule has 1 aliphatic rings. The molecule has 3 aromatic rings. The topological polar surface area (TPSA) is 20.2 Å². The van der Waals surface area contributed by atoms with Crippen LogP contribution in [0.1, 0.15) is 80.5 Å². The molecule has 0 saturated carbocycles. The summed E-state index contributed by atoms with van der Waals surface area (Å²) in [5.74, 6) is 0.403. The number of aromatic hydroxyl groups is 1. The Labute approximate surface area is 193 Å². The third kappa shape index (κ3) is 4.01. The molecule has 0 bridgehead atoms. The van der Waals surface area contributed by atoms with E-state index in [0.29, 0.717) is 5.75 Å². The predicted octanol–water partition coefficient (Wildman–Crippen LogP) is 8.37. The molecule has 1 aliphatic carbocycles. The van der Waals surface area contributed by atoms with Gasteiger partial charge in [-0.25, -0.2) is 0 Å². The van der Waals surface area contributed by atoms with E-state index in [9.17, 15) is 5.11 Å². The van der Waals surface area contributed by atoms with Crippen molar-refractivity contribution < 1.29 is 5.11 Å². The molecule has 1 N–H and O–H groups in total. The zero-order chi connectivity index (χ0) is 23.4. The summed E-state index contributed by atoms with van der Waals surface area (Å²) in [4.78, 5) is 0. The number of aryl methyl sites for hydroxylation is 2. The molecule has 3 aromatic carbocycles. The lowest BCUT2D eigenvalue weighted by atomic mass is 9.77. The molecule has 4 rings (SSSR count). The second-order valence-electron chi connectivity index (χ2n) is 11.4. The lowest BCUT2D eigenvalue weighted by Crippen LogP contribution is -2.17. The second-order valence-corrected chi connectivity index (χ2v) is 11.4. The highest BCUT2D eigenvalue weighted by atomic mass is 16.3. The number of phenols is 1. The molecule has 0 aromatic heterocycles. The molecule has 0 aliphatic heterocycles. The largest absolute Gasteiger partial charge is 0.507 e. The van der Waals surface area contributed by atoms with Gasteiger partial charge in [0.05, 0.1) is 0 Å². The van der Waals surface area contributed by atoms with Crippen LogP contribution in [0.15, 0.2) is 48.5 Å². The van der Waals surface area contributed by atoms with Crippen molar-refractivity contribution in [3.8, 4) is 16.9 Å². The van der Waals surface area contributed by atoms with Gasteiger partial charge in [0.25, 0.3) is 0 Å². The van der Waals surface area contributed by atoms with Gasteiger partial charge in [0.2, 0.25) is 0 Å². The Morgan fingerprint density at radius 3 is 1.97 bits per heavy atom. The summed E-state index contributed by atoms with van der Waals surface area (Å²) in [6.07, 6.45) is 3.26. The lowest BCUT2D eigenvalue weighted by molar-refractivity contribution is 0.446. The normalized spacial score (nSPS) is 13.8. The van der Waals surface area contributed by atoms with Crippen molar-refractivity contribution in [3.05, 3.63) is 87.5 Å². The van der Waals surface area contributed by atoms with Crippen molar-refractivity contribution in [1.29, 1.82) is 0 Å². The second kappa shape index (κ2) is 7.66. The fourth-order valence-electron chi connectivity index (χ4n) is 4.65. The number of hydrogen-bond donors (Lipinski definition) is 1. The first-order valence-electron chi connectivity index (χ1n) is 11.6. The van der Waals surface area contributed by atoms with Crippen LogP contribution in [0, 0.1) is 13.8 Å². The van der Waals surface area contributed by atoms with Gasteiger partial charge < -0.3 is 5.11 Å². The van der Waals surface area contributed by atoms with E-state index in [0.717, 1.165) is 23.1 Å². The maximum Gasteiger partial charge on any atom is 0.127 e. The first kappa shape index (κ1) is 22.4.